The predicted molar refractivity (Wildman–Crippen MR) is 101 cm³/mol. The van der Waals surface area contributed by atoms with Crippen LogP contribution in [0.15, 0.2) is 46.3 Å². The number of amides is 2. The highest BCUT2D eigenvalue weighted by Crippen LogP contribution is 2.18. The molecule has 0 aliphatic heterocycles. The van der Waals surface area contributed by atoms with Gasteiger partial charge in [0.15, 0.2) is 0 Å². The van der Waals surface area contributed by atoms with Crippen molar-refractivity contribution >= 4 is 39.1 Å². The Labute approximate surface area is 154 Å². The van der Waals surface area contributed by atoms with Gasteiger partial charge in [0.25, 0.3) is 5.91 Å². The summed E-state index contributed by atoms with van der Waals surface area (Å²) in [7, 11) is 0. The zero-order valence-corrected chi connectivity index (χ0v) is 16.3. The predicted octanol–water partition coefficient (Wildman–Crippen LogP) is 4.14. The van der Waals surface area contributed by atoms with Crippen molar-refractivity contribution in [2.24, 2.45) is 5.92 Å². The molecule has 2 rings (SSSR count). The van der Waals surface area contributed by atoms with Crippen LogP contribution in [0.2, 0.25) is 0 Å². The molecule has 6 heteroatoms. The summed E-state index contributed by atoms with van der Waals surface area (Å²) < 4.78 is 0.965. The highest BCUT2D eigenvalue weighted by atomic mass is 79.9. The molecule has 0 fully saturated rings. The molecule has 1 heterocycles. The molecule has 0 aliphatic rings. The van der Waals surface area contributed by atoms with E-state index in [0.717, 1.165) is 10.0 Å². The number of thiophene rings is 1. The molecule has 0 radical (unpaired) electrons. The number of halogens is 1. The van der Waals surface area contributed by atoms with Gasteiger partial charge < -0.3 is 10.6 Å². The zero-order valence-electron chi connectivity index (χ0n) is 13.9. The number of hydrogen-bond donors (Lipinski definition) is 2. The first-order chi connectivity index (χ1) is 11.4. The molecule has 0 saturated heterocycles. The maximum Gasteiger partial charge on any atom is 0.262 e. The maximum atomic E-state index is 12.6. The Morgan fingerprint density at radius 3 is 2.42 bits per heavy atom. The van der Waals surface area contributed by atoms with Crippen molar-refractivity contribution < 1.29 is 9.59 Å². The van der Waals surface area contributed by atoms with Crippen LogP contribution in [-0.4, -0.2) is 17.9 Å². The molecule has 24 heavy (non-hydrogen) atoms. The molecule has 4 nitrogen and oxygen atoms in total. The second kappa shape index (κ2) is 8.44. The first-order valence-electron chi connectivity index (χ1n) is 7.78. The average Bonchev–Trinajstić information content (AvgIpc) is 3.06. The molecular formula is C18H21BrN2O2S. The van der Waals surface area contributed by atoms with E-state index in [1.54, 1.807) is 6.07 Å². The Kier molecular flexibility index (Phi) is 6.57. The minimum Gasteiger partial charge on any atom is -0.348 e. The molecule has 2 atom stereocenters. The van der Waals surface area contributed by atoms with E-state index in [9.17, 15) is 9.59 Å². The fourth-order valence-corrected chi connectivity index (χ4v) is 3.36. The van der Waals surface area contributed by atoms with Crippen LogP contribution in [0.5, 0.6) is 0 Å². The summed E-state index contributed by atoms with van der Waals surface area (Å²) >= 11 is 4.79. The molecule has 2 aromatic rings. The summed E-state index contributed by atoms with van der Waals surface area (Å²) in [4.78, 5) is 25.5. The lowest BCUT2D eigenvalue weighted by molar-refractivity contribution is -0.124. The van der Waals surface area contributed by atoms with Gasteiger partial charge in [-0.2, -0.15) is 0 Å². The van der Waals surface area contributed by atoms with Crippen molar-refractivity contribution in [3.63, 3.8) is 0 Å². The Hall–Kier alpha value is -1.66. The fraction of sp³-hybridized carbons (Fsp3) is 0.333. The van der Waals surface area contributed by atoms with Crippen LogP contribution in [0, 0.1) is 5.92 Å². The van der Waals surface area contributed by atoms with E-state index < -0.39 is 6.04 Å². The minimum atomic E-state index is -0.575. The van der Waals surface area contributed by atoms with Gasteiger partial charge in [0.1, 0.15) is 6.04 Å². The van der Waals surface area contributed by atoms with Gasteiger partial charge in [-0.25, -0.2) is 0 Å². The lowest BCUT2D eigenvalue weighted by Gasteiger charge is -2.24. The third kappa shape index (κ3) is 4.92. The molecule has 2 N–H and O–H groups in total. The van der Waals surface area contributed by atoms with E-state index >= 15 is 0 Å². The first-order valence-corrected chi connectivity index (χ1v) is 9.46. The number of benzene rings is 1. The van der Waals surface area contributed by atoms with Crippen molar-refractivity contribution in [1.29, 1.82) is 0 Å². The average molecular weight is 409 g/mol. The van der Waals surface area contributed by atoms with E-state index in [2.05, 4.69) is 26.6 Å². The van der Waals surface area contributed by atoms with Gasteiger partial charge in [0, 0.05) is 4.47 Å². The summed E-state index contributed by atoms with van der Waals surface area (Å²) in [5.74, 6) is -0.403. The Balaban J connectivity index is 2.04. The largest absolute Gasteiger partial charge is 0.348 e. The normalized spacial score (nSPS) is 13.4. The van der Waals surface area contributed by atoms with Crippen LogP contribution < -0.4 is 10.6 Å². The van der Waals surface area contributed by atoms with Crippen molar-refractivity contribution in [2.75, 3.05) is 0 Å². The molecule has 2 unspecified atom stereocenters. The zero-order chi connectivity index (χ0) is 17.7. The summed E-state index contributed by atoms with van der Waals surface area (Å²) in [6.07, 6.45) is 0. The van der Waals surface area contributed by atoms with E-state index in [1.165, 1.54) is 11.3 Å². The molecule has 128 valence electrons. The molecule has 0 bridgehead atoms. The number of nitrogens with one attached hydrogen (secondary N) is 2. The summed E-state index contributed by atoms with van der Waals surface area (Å²) in [6.45, 7) is 5.77. The van der Waals surface area contributed by atoms with E-state index in [4.69, 9.17) is 0 Å². The van der Waals surface area contributed by atoms with E-state index in [0.29, 0.717) is 4.88 Å². The van der Waals surface area contributed by atoms with Gasteiger partial charge in [0.05, 0.1) is 10.9 Å². The quantitative estimate of drug-likeness (QED) is 0.754. The van der Waals surface area contributed by atoms with E-state index in [-0.39, 0.29) is 23.8 Å². The van der Waals surface area contributed by atoms with E-state index in [1.807, 2.05) is 56.5 Å². The summed E-state index contributed by atoms with van der Waals surface area (Å²) in [6, 6.07) is 10.7. The van der Waals surface area contributed by atoms with Crippen LogP contribution in [-0.2, 0) is 4.79 Å². The molecule has 0 saturated carbocycles. The number of rotatable bonds is 6. The first kappa shape index (κ1) is 18.7. The van der Waals surface area contributed by atoms with Gasteiger partial charge in [0.2, 0.25) is 5.91 Å². The van der Waals surface area contributed by atoms with Gasteiger partial charge >= 0.3 is 0 Å². The van der Waals surface area contributed by atoms with Crippen molar-refractivity contribution in [3.05, 3.63) is 56.7 Å². The maximum absolute atomic E-state index is 12.6. The smallest absolute Gasteiger partial charge is 0.262 e. The molecular weight excluding hydrogens is 388 g/mol. The number of carbonyl (C=O) groups is 2. The fourth-order valence-electron chi connectivity index (χ4n) is 2.32. The topological polar surface area (TPSA) is 58.2 Å². The highest BCUT2D eigenvalue weighted by molar-refractivity contribution is 9.10. The monoisotopic (exact) mass is 408 g/mol. The SMILES string of the molecule is CC(NC(=O)C(NC(=O)c1cccs1)C(C)C)c1cccc(Br)c1. The van der Waals surface area contributed by atoms with Crippen molar-refractivity contribution in [3.8, 4) is 0 Å². The number of hydrogen-bond acceptors (Lipinski definition) is 3. The molecule has 1 aromatic carbocycles. The van der Waals surface area contributed by atoms with Crippen LogP contribution in [0.1, 0.15) is 42.0 Å². The van der Waals surface area contributed by atoms with Gasteiger partial charge in [-0.05, 0) is 42.0 Å². The van der Waals surface area contributed by atoms with Crippen LogP contribution in [0.4, 0.5) is 0 Å². The summed E-state index contributed by atoms with van der Waals surface area (Å²) in [5.41, 5.74) is 1.00. The van der Waals surface area contributed by atoms with Crippen LogP contribution in [0.3, 0.4) is 0 Å². The summed E-state index contributed by atoms with van der Waals surface area (Å²) in [5, 5.41) is 7.66. The Morgan fingerprint density at radius 1 is 1.08 bits per heavy atom. The van der Waals surface area contributed by atoms with Crippen molar-refractivity contribution in [1.82, 2.24) is 10.6 Å². The molecule has 2 amide bonds. The molecule has 1 aromatic heterocycles. The molecule has 0 aliphatic carbocycles. The molecule has 0 spiro atoms. The minimum absolute atomic E-state index is 0.0105. The third-order valence-electron chi connectivity index (χ3n) is 3.69. The van der Waals surface area contributed by atoms with Crippen LogP contribution in [0.25, 0.3) is 0 Å². The Bertz CT molecular complexity index is 701. The lowest BCUT2D eigenvalue weighted by atomic mass is 10.0. The van der Waals surface area contributed by atoms with Crippen LogP contribution >= 0.6 is 27.3 Å². The lowest BCUT2D eigenvalue weighted by Crippen LogP contribution is -2.50. The van der Waals surface area contributed by atoms with Crippen molar-refractivity contribution in [2.45, 2.75) is 32.9 Å². The van der Waals surface area contributed by atoms with Gasteiger partial charge in [-0.3, -0.25) is 9.59 Å². The second-order valence-electron chi connectivity index (χ2n) is 5.96. The standard InChI is InChI=1S/C18H21BrN2O2S/c1-11(2)16(21-17(22)15-8-5-9-24-15)18(23)20-12(3)13-6-4-7-14(19)10-13/h4-12,16H,1-3H3,(H,20,23)(H,21,22). The van der Waals surface area contributed by atoms with Gasteiger partial charge in [-0.15, -0.1) is 11.3 Å². The number of carbonyl (C=O) groups excluding carboxylic acids is 2. The Morgan fingerprint density at radius 2 is 1.83 bits per heavy atom. The highest BCUT2D eigenvalue weighted by Gasteiger charge is 2.26. The second-order valence-corrected chi connectivity index (χ2v) is 7.82. The third-order valence-corrected chi connectivity index (χ3v) is 5.05. The van der Waals surface area contributed by atoms with Gasteiger partial charge in [-0.1, -0.05) is 48.0 Å².